The number of benzene rings is 1. The first kappa shape index (κ1) is 13.6. The highest BCUT2D eigenvalue weighted by Crippen LogP contribution is 2.21. The van der Waals surface area contributed by atoms with E-state index in [1.165, 1.54) is 30.9 Å². The second-order valence-corrected chi connectivity index (χ2v) is 4.78. The predicted molar refractivity (Wildman–Crippen MR) is 72.9 cm³/mol. The zero-order chi connectivity index (χ0) is 13.5. The summed E-state index contributed by atoms with van der Waals surface area (Å²) in [6.45, 7) is 0.196. The molecule has 102 valence electrons. The Hall–Kier alpha value is -1.84. The highest BCUT2D eigenvalue weighted by Gasteiger charge is 2.06. The summed E-state index contributed by atoms with van der Waals surface area (Å²) < 4.78 is 13.3. The van der Waals surface area contributed by atoms with Crippen molar-refractivity contribution in [2.24, 2.45) is 0 Å². The highest BCUT2D eigenvalue weighted by molar-refractivity contribution is 5.74. The Labute approximate surface area is 112 Å². The number of allylic oxidation sites excluding steroid dienone is 1. The molecule has 1 saturated carbocycles. The number of rotatable bonds is 3. The molecule has 0 atom stereocenters. The molecule has 0 heterocycles. The molecule has 0 unspecified atom stereocenters. The van der Waals surface area contributed by atoms with Crippen LogP contribution in [0.15, 0.2) is 36.0 Å². The number of urea groups is 1. The first-order valence-corrected chi connectivity index (χ1v) is 6.71. The molecule has 3 nitrogen and oxygen atoms in total. The van der Waals surface area contributed by atoms with Crippen LogP contribution in [0, 0.1) is 5.82 Å². The lowest BCUT2D eigenvalue weighted by Crippen LogP contribution is -2.32. The van der Waals surface area contributed by atoms with Crippen molar-refractivity contribution in [3.05, 3.63) is 47.4 Å². The molecule has 0 bridgehead atoms. The SMILES string of the molecule is O=C(NC=C1CCCCC1)NCc1ccccc1F. The topological polar surface area (TPSA) is 41.1 Å². The van der Waals surface area contributed by atoms with Crippen molar-refractivity contribution in [3.8, 4) is 0 Å². The summed E-state index contributed by atoms with van der Waals surface area (Å²) in [7, 11) is 0. The Bertz CT molecular complexity index is 463. The molecule has 1 fully saturated rings. The van der Waals surface area contributed by atoms with E-state index in [1.807, 2.05) is 0 Å². The molecule has 2 rings (SSSR count). The van der Waals surface area contributed by atoms with Crippen LogP contribution in [0.3, 0.4) is 0 Å². The molecule has 2 N–H and O–H groups in total. The number of amides is 2. The maximum Gasteiger partial charge on any atom is 0.319 e. The molecule has 0 spiro atoms. The van der Waals surface area contributed by atoms with Crippen LogP contribution in [-0.4, -0.2) is 6.03 Å². The van der Waals surface area contributed by atoms with E-state index in [0.717, 1.165) is 12.8 Å². The van der Waals surface area contributed by atoms with Crippen molar-refractivity contribution in [3.63, 3.8) is 0 Å². The van der Waals surface area contributed by atoms with Crippen LogP contribution in [-0.2, 0) is 6.54 Å². The maximum absolute atomic E-state index is 13.3. The largest absolute Gasteiger partial charge is 0.334 e. The smallest absolute Gasteiger partial charge is 0.319 e. The minimum absolute atomic E-state index is 0.196. The molecule has 1 aromatic rings. The van der Waals surface area contributed by atoms with E-state index in [-0.39, 0.29) is 18.4 Å². The van der Waals surface area contributed by atoms with Crippen LogP contribution in [0.2, 0.25) is 0 Å². The van der Waals surface area contributed by atoms with Crippen molar-refractivity contribution < 1.29 is 9.18 Å². The number of carbonyl (C=O) groups is 1. The van der Waals surface area contributed by atoms with E-state index in [4.69, 9.17) is 0 Å². The number of halogens is 1. The number of nitrogens with one attached hydrogen (secondary N) is 2. The summed E-state index contributed by atoms with van der Waals surface area (Å²) in [5, 5.41) is 5.35. The third-order valence-electron chi connectivity index (χ3n) is 3.30. The lowest BCUT2D eigenvalue weighted by Gasteiger charge is -2.13. The molecule has 0 aliphatic heterocycles. The Morgan fingerprint density at radius 3 is 2.68 bits per heavy atom. The summed E-state index contributed by atoms with van der Waals surface area (Å²) in [5.74, 6) is -0.298. The lowest BCUT2D eigenvalue weighted by atomic mass is 9.96. The van der Waals surface area contributed by atoms with Gasteiger partial charge >= 0.3 is 6.03 Å². The number of carbonyl (C=O) groups excluding carboxylic acids is 1. The first-order chi connectivity index (χ1) is 9.25. The van der Waals surface area contributed by atoms with E-state index in [0.29, 0.717) is 5.56 Å². The number of hydrogen-bond donors (Lipinski definition) is 2. The van der Waals surface area contributed by atoms with Gasteiger partial charge in [0, 0.05) is 18.3 Å². The zero-order valence-corrected chi connectivity index (χ0v) is 10.9. The third kappa shape index (κ3) is 4.39. The van der Waals surface area contributed by atoms with E-state index in [1.54, 1.807) is 24.4 Å². The van der Waals surface area contributed by atoms with Crippen molar-refractivity contribution in [2.75, 3.05) is 0 Å². The van der Waals surface area contributed by atoms with Crippen LogP contribution in [0.1, 0.15) is 37.7 Å². The fourth-order valence-electron chi connectivity index (χ4n) is 2.19. The standard InChI is InChI=1S/C15H19FN2O/c16-14-9-5-4-8-13(14)11-18-15(19)17-10-12-6-2-1-3-7-12/h4-5,8-10H,1-3,6-7,11H2,(H2,17,18,19). The quantitative estimate of drug-likeness (QED) is 0.860. The average Bonchev–Trinajstić information content (AvgIpc) is 2.45. The Kier molecular flexibility index (Phi) is 4.95. The molecule has 1 aliphatic carbocycles. The summed E-state index contributed by atoms with van der Waals surface area (Å²) >= 11 is 0. The number of hydrogen-bond acceptors (Lipinski definition) is 1. The van der Waals surface area contributed by atoms with Gasteiger partial charge in [-0.15, -0.1) is 0 Å². The Morgan fingerprint density at radius 1 is 1.21 bits per heavy atom. The molecule has 1 aromatic carbocycles. The maximum atomic E-state index is 13.3. The van der Waals surface area contributed by atoms with Gasteiger partial charge in [-0.25, -0.2) is 9.18 Å². The fraction of sp³-hybridized carbons (Fsp3) is 0.400. The van der Waals surface area contributed by atoms with Crippen molar-refractivity contribution in [1.29, 1.82) is 0 Å². The van der Waals surface area contributed by atoms with E-state index < -0.39 is 0 Å². The van der Waals surface area contributed by atoms with E-state index >= 15 is 0 Å². The molecule has 0 radical (unpaired) electrons. The van der Waals surface area contributed by atoms with Crippen molar-refractivity contribution >= 4 is 6.03 Å². The van der Waals surface area contributed by atoms with E-state index in [9.17, 15) is 9.18 Å². The molecule has 2 amide bonds. The van der Waals surface area contributed by atoms with Crippen LogP contribution < -0.4 is 10.6 Å². The molecule has 1 aliphatic rings. The molecule has 4 heteroatoms. The minimum atomic E-state index is -0.298. The molecular formula is C15H19FN2O. The van der Waals surface area contributed by atoms with Gasteiger partial charge < -0.3 is 10.6 Å². The molecule has 19 heavy (non-hydrogen) atoms. The van der Waals surface area contributed by atoms with Gasteiger partial charge in [-0.1, -0.05) is 30.2 Å². The second-order valence-electron chi connectivity index (χ2n) is 4.78. The van der Waals surface area contributed by atoms with Gasteiger partial charge in [0.25, 0.3) is 0 Å². The summed E-state index contributed by atoms with van der Waals surface area (Å²) in [6.07, 6.45) is 7.59. The predicted octanol–water partition coefficient (Wildman–Crippen LogP) is 3.47. The highest BCUT2D eigenvalue weighted by atomic mass is 19.1. The summed E-state index contributed by atoms with van der Waals surface area (Å²) in [6, 6.07) is 6.14. The summed E-state index contributed by atoms with van der Waals surface area (Å²) in [5.41, 5.74) is 1.77. The monoisotopic (exact) mass is 262 g/mol. The van der Waals surface area contributed by atoms with Gasteiger partial charge in [0.05, 0.1) is 0 Å². The Balaban J connectivity index is 1.77. The molecule has 0 saturated heterocycles. The van der Waals surface area contributed by atoms with E-state index in [2.05, 4.69) is 10.6 Å². The van der Waals surface area contributed by atoms with Crippen molar-refractivity contribution in [2.45, 2.75) is 38.6 Å². The van der Waals surface area contributed by atoms with Gasteiger partial charge in [0.15, 0.2) is 0 Å². The van der Waals surface area contributed by atoms with Gasteiger partial charge in [-0.05, 0) is 31.7 Å². The normalized spacial score (nSPS) is 14.9. The van der Waals surface area contributed by atoms with Crippen LogP contribution in [0.25, 0.3) is 0 Å². The van der Waals surface area contributed by atoms with Crippen LogP contribution in [0.5, 0.6) is 0 Å². The van der Waals surface area contributed by atoms with Gasteiger partial charge in [-0.3, -0.25) is 0 Å². The molecule has 0 aromatic heterocycles. The molecular weight excluding hydrogens is 243 g/mol. The average molecular weight is 262 g/mol. The minimum Gasteiger partial charge on any atom is -0.334 e. The van der Waals surface area contributed by atoms with Gasteiger partial charge in [0.1, 0.15) is 5.82 Å². The lowest BCUT2D eigenvalue weighted by molar-refractivity contribution is 0.243. The van der Waals surface area contributed by atoms with Gasteiger partial charge in [-0.2, -0.15) is 0 Å². The first-order valence-electron chi connectivity index (χ1n) is 6.71. The van der Waals surface area contributed by atoms with Crippen molar-refractivity contribution in [1.82, 2.24) is 10.6 Å². The summed E-state index contributed by atoms with van der Waals surface area (Å²) in [4.78, 5) is 11.6. The zero-order valence-electron chi connectivity index (χ0n) is 10.9. The Morgan fingerprint density at radius 2 is 1.95 bits per heavy atom. The van der Waals surface area contributed by atoms with Crippen LogP contribution in [0.4, 0.5) is 9.18 Å². The second kappa shape index (κ2) is 6.92. The van der Waals surface area contributed by atoms with Crippen LogP contribution >= 0.6 is 0 Å². The van der Waals surface area contributed by atoms with Gasteiger partial charge in [0.2, 0.25) is 0 Å². The third-order valence-corrected chi connectivity index (χ3v) is 3.30. The fourth-order valence-corrected chi connectivity index (χ4v) is 2.19.